The Morgan fingerprint density at radius 1 is 0.460 bits per heavy atom. The smallest absolute Gasteiger partial charge is 0.295 e. The van der Waals surface area contributed by atoms with Gasteiger partial charge in [-0.25, -0.2) is 0 Å². The fraction of sp³-hybridized carbons (Fsp3) is 0.0541. The molecule has 7 aromatic rings. The summed E-state index contributed by atoms with van der Waals surface area (Å²) >= 11 is 6.22. The first-order valence-corrected chi connectivity index (χ1v) is 23.6. The molecule has 0 saturated heterocycles. The highest BCUT2D eigenvalue weighted by atomic mass is 35.5. The van der Waals surface area contributed by atoms with Crippen LogP contribution in [0.25, 0.3) is 21.5 Å². The van der Waals surface area contributed by atoms with Crippen molar-refractivity contribution in [2.45, 2.75) is 33.4 Å². The zero-order valence-corrected chi connectivity index (χ0v) is 36.0. The zero-order valence-electron chi connectivity index (χ0n) is 31.9. The minimum Gasteiger partial charge on any atom is -0.324 e. The Balaban J connectivity index is 1.09. The maximum Gasteiger partial charge on any atom is 0.295 e. The molecule has 26 heteroatoms. The van der Waals surface area contributed by atoms with E-state index in [0.29, 0.717) is 33.9 Å². The number of aryl methyl sites for hydroxylation is 2. The highest BCUT2D eigenvalue weighted by Gasteiger charge is 2.23. The van der Waals surface area contributed by atoms with Crippen LogP contribution < -0.4 is 10.6 Å². The lowest BCUT2D eigenvalue weighted by molar-refractivity contribution is 0.481. The first kappa shape index (κ1) is 44.6. The van der Waals surface area contributed by atoms with Crippen LogP contribution in [-0.4, -0.2) is 66.8 Å². The van der Waals surface area contributed by atoms with Crippen molar-refractivity contribution in [2.24, 2.45) is 20.5 Å². The van der Waals surface area contributed by atoms with Crippen molar-refractivity contribution in [2.75, 3.05) is 10.6 Å². The zero-order chi connectivity index (χ0) is 45.6. The summed E-state index contributed by atoms with van der Waals surface area (Å²) in [6.07, 6.45) is 0. The van der Waals surface area contributed by atoms with Gasteiger partial charge in [0.25, 0.3) is 40.5 Å². The molecule has 324 valence electrons. The van der Waals surface area contributed by atoms with E-state index in [1.807, 2.05) is 0 Å². The molecule has 0 amide bonds. The fourth-order valence-electron chi connectivity index (χ4n) is 6.25. The molecule has 0 fully saturated rings. The summed E-state index contributed by atoms with van der Waals surface area (Å²) < 4.78 is 136. The van der Waals surface area contributed by atoms with Gasteiger partial charge in [0.1, 0.15) is 19.6 Å². The van der Waals surface area contributed by atoms with E-state index in [0.717, 1.165) is 24.3 Å². The SMILES string of the molecule is Cc1cc(Nc2nc(Cl)nc(Nc3ccc(/N=N/c4cc(S(=O)(=O)O)c5cccc(S(=O)(=O)O)c5c4)c(C)c3)n2)ccc1/N=N/c1cc(S(=O)(=O)O)c2cccc(S(=O)(=O)O)c2c1. The number of anilines is 4. The van der Waals surface area contributed by atoms with Crippen molar-refractivity contribution in [1.82, 2.24) is 15.0 Å². The molecule has 0 saturated carbocycles. The maximum atomic E-state index is 12.2. The molecule has 6 N–H and O–H groups in total. The van der Waals surface area contributed by atoms with E-state index in [1.165, 1.54) is 36.4 Å². The molecule has 0 aliphatic rings. The number of nitrogens with zero attached hydrogens (tertiary/aromatic N) is 7. The van der Waals surface area contributed by atoms with E-state index >= 15 is 0 Å². The van der Waals surface area contributed by atoms with Crippen molar-refractivity contribution < 1.29 is 51.9 Å². The Morgan fingerprint density at radius 3 is 1.19 bits per heavy atom. The van der Waals surface area contributed by atoms with Gasteiger partial charge in [-0.05, 0) is 109 Å². The largest absolute Gasteiger partial charge is 0.324 e. The molecule has 0 spiro atoms. The third-order valence-electron chi connectivity index (χ3n) is 8.98. The Hall–Kier alpha value is -6.42. The Morgan fingerprint density at radius 2 is 0.841 bits per heavy atom. The normalized spacial score (nSPS) is 12.7. The molecular formula is C37H28ClN9O12S4. The number of azo groups is 2. The van der Waals surface area contributed by atoms with Crippen LogP contribution in [-0.2, 0) is 40.5 Å². The summed E-state index contributed by atoms with van der Waals surface area (Å²) in [5, 5.41) is 21.5. The van der Waals surface area contributed by atoms with Crippen molar-refractivity contribution in [3.63, 3.8) is 0 Å². The average molecular weight is 954 g/mol. The molecule has 7 rings (SSSR count). The fourth-order valence-corrected chi connectivity index (χ4v) is 9.25. The van der Waals surface area contributed by atoms with E-state index < -0.39 is 60.1 Å². The molecular weight excluding hydrogens is 926 g/mol. The van der Waals surface area contributed by atoms with Crippen molar-refractivity contribution in [1.29, 1.82) is 0 Å². The van der Waals surface area contributed by atoms with Crippen LogP contribution in [0.3, 0.4) is 0 Å². The summed E-state index contributed by atoms with van der Waals surface area (Å²) in [4.78, 5) is 10.1. The molecule has 1 heterocycles. The number of hydrogen-bond donors (Lipinski definition) is 6. The van der Waals surface area contributed by atoms with Gasteiger partial charge >= 0.3 is 0 Å². The number of rotatable bonds is 12. The number of hydrogen-bond acceptors (Lipinski definition) is 17. The van der Waals surface area contributed by atoms with Gasteiger partial charge in [0.2, 0.25) is 17.2 Å². The molecule has 21 nitrogen and oxygen atoms in total. The van der Waals surface area contributed by atoms with Gasteiger partial charge in [-0.3, -0.25) is 18.2 Å². The molecule has 63 heavy (non-hydrogen) atoms. The van der Waals surface area contributed by atoms with Gasteiger partial charge in [0.15, 0.2) is 0 Å². The van der Waals surface area contributed by atoms with Crippen LogP contribution in [0.2, 0.25) is 5.28 Å². The highest BCUT2D eigenvalue weighted by Crippen LogP contribution is 2.36. The lowest BCUT2D eigenvalue weighted by Gasteiger charge is -2.11. The van der Waals surface area contributed by atoms with E-state index in [4.69, 9.17) is 11.6 Å². The van der Waals surface area contributed by atoms with Gasteiger partial charge in [-0.15, -0.1) is 0 Å². The van der Waals surface area contributed by atoms with E-state index in [2.05, 4.69) is 46.0 Å². The van der Waals surface area contributed by atoms with Gasteiger partial charge in [-0.2, -0.15) is 69.1 Å². The van der Waals surface area contributed by atoms with Gasteiger partial charge in [0, 0.05) is 32.9 Å². The Kier molecular flexibility index (Phi) is 11.8. The summed E-state index contributed by atoms with van der Waals surface area (Å²) in [6.45, 7) is 3.38. The molecule has 0 aliphatic heterocycles. The predicted molar refractivity (Wildman–Crippen MR) is 229 cm³/mol. The minimum absolute atomic E-state index is 0.0359. The average Bonchev–Trinajstić information content (AvgIpc) is 3.17. The maximum absolute atomic E-state index is 12.2. The summed E-state index contributed by atoms with van der Waals surface area (Å²) in [6, 6.07) is 21.1. The van der Waals surface area contributed by atoms with Crippen molar-refractivity contribution >= 4 is 120 Å². The molecule has 0 atom stereocenters. The van der Waals surface area contributed by atoms with Crippen LogP contribution in [0.1, 0.15) is 11.1 Å². The summed E-state index contributed by atoms with van der Waals surface area (Å²) in [7, 11) is -19.3. The van der Waals surface area contributed by atoms with Crippen LogP contribution in [0.5, 0.6) is 0 Å². The van der Waals surface area contributed by atoms with Crippen LogP contribution in [0.4, 0.5) is 46.0 Å². The third-order valence-corrected chi connectivity index (χ3v) is 12.8. The lowest BCUT2D eigenvalue weighted by atomic mass is 10.1. The van der Waals surface area contributed by atoms with E-state index in [9.17, 15) is 51.9 Å². The summed E-state index contributed by atoms with van der Waals surface area (Å²) in [5.74, 6) is 0.0718. The van der Waals surface area contributed by atoms with Crippen LogP contribution in [0, 0.1) is 13.8 Å². The standard InChI is InChI=1S/C37H28ClN9O12S4/c1-19-13-21(9-11-29(19)46-44-23-15-27-25(33(17-23)62(54,55)56)5-3-7-31(27)60(48,49)50)39-36-41-35(38)42-37(43-36)40-22-10-12-30(20(2)14-22)47-45-24-16-28-26(34(18-24)63(57,58)59)6-4-8-32(28)61(51,52)53/h3-18H,1-2H3,(H,48,49,50)(H,51,52,53)(H,54,55,56)(H,57,58,59)(H2,39,40,41,42,43)/b46-44+,47-45+. The summed E-state index contributed by atoms with van der Waals surface area (Å²) in [5.41, 5.74) is 2.44. The first-order chi connectivity index (χ1) is 29.4. The number of halogens is 1. The van der Waals surface area contributed by atoms with Gasteiger partial charge in [0.05, 0.1) is 22.7 Å². The van der Waals surface area contributed by atoms with Gasteiger partial charge in [-0.1, -0.05) is 24.3 Å². The number of aromatic nitrogens is 3. The number of benzene rings is 6. The second-order valence-electron chi connectivity index (χ2n) is 13.4. The molecule has 0 bridgehead atoms. The lowest BCUT2D eigenvalue weighted by Crippen LogP contribution is -2.04. The second kappa shape index (κ2) is 16.7. The molecule has 1 aromatic heterocycles. The van der Waals surface area contributed by atoms with E-state index in [-0.39, 0.29) is 50.1 Å². The topological polar surface area (TPSA) is 330 Å². The molecule has 6 aromatic carbocycles. The Labute approximate surface area is 362 Å². The van der Waals surface area contributed by atoms with E-state index in [1.54, 1.807) is 50.2 Å². The number of fused-ring (bicyclic) bond motifs is 2. The third kappa shape index (κ3) is 10.1. The van der Waals surface area contributed by atoms with Crippen molar-refractivity contribution in [3.05, 3.63) is 113 Å². The van der Waals surface area contributed by atoms with Crippen LogP contribution >= 0.6 is 11.6 Å². The Bertz CT molecular complexity index is 3350. The second-order valence-corrected chi connectivity index (χ2v) is 19.3. The monoisotopic (exact) mass is 953 g/mol. The molecule has 0 unspecified atom stereocenters. The van der Waals surface area contributed by atoms with Crippen LogP contribution in [0.15, 0.2) is 137 Å². The van der Waals surface area contributed by atoms with Gasteiger partial charge < -0.3 is 10.6 Å². The first-order valence-electron chi connectivity index (χ1n) is 17.5. The molecule has 0 radical (unpaired) electrons. The number of nitrogens with one attached hydrogen (secondary N) is 2. The quantitative estimate of drug-likeness (QED) is 0.0492. The van der Waals surface area contributed by atoms with Crippen molar-refractivity contribution in [3.8, 4) is 0 Å². The highest BCUT2D eigenvalue weighted by molar-refractivity contribution is 7.87. The molecule has 0 aliphatic carbocycles. The predicted octanol–water partition coefficient (Wildman–Crippen LogP) is 8.75. The minimum atomic E-state index is -4.86.